The van der Waals surface area contributed by atoms with Crippen molar-refractivity contribution >= 4 is 5.97 Å². The van der Waals surface area contributed by atoms with Crippen molar-refractivity contribution in [1.29, 1.82) is 0 Å². The van der Waals surface area contributed by atoms with Crippen molar-refractivity contribution in [3.8, 4) is 0 Å². The van der Waals surface area contributed by atoms with Crippen LogP contribution < -0.4 is 0 Å². The molecule has 6 atom stereocenters. The maximum atomic E-state index is 13.7. The van der Waals surface area contributed by atoms with Gasteiger partial charge in [0.1, 0.15) is 30.3 Å². The van der Waals surface area contributed by atoms with Crippen molar-refractivity contribution in [1.82, 2.24) is 0 Å². The van der Waals surface area contributed by atoms with Crippen molar-refractivity contribution in [2.24, 2.45) is 5.92 Å². The summed E-state index contributed by atoms with van der Waals surface area (Å²) in [6, 6.07) is 39.6. The van der Waals surface area contributed by atoms with Crippen LogP contribution in [0.5, 0.6) is 0 Å². The first-order chi connectivity index (χ1) is 24.1. The van der Waals surface area contributed by atoms with Gasteiger partial charge in [-0.1, -0.05) is 128 Å². The number of carbonyl (C=O) groups is 1. The minimum absolute atomic E-state index is 0.0905. The van der Waals surface area contributed by atoms with E-state index in [9.17, 15) is 4.79 Å². The number of esters is 1. The van der Waals surface area contributed by atoms with Gasteiger partial charge in [0.25, 0.3) is 0 Å². The molecular formula is C41H44O8. The van der Waals surface area contributed by atoms with E-state index in [0.29, 0.717) is 18.8 Å². The molecule has 6 rings (SSSR count). The summed E-state index contributed by atoms with van der Waals surface area (Å²) < 4.78 is 45.7. The Labute approximate surface area is 288 Å². The SMILES string of the molecule is C=C1CO[C@]2(O[C@H](COCc3ccccc3)[C@@H](OCc3ccccc3)[C@H](OCc3ccccc3)[C@H]2OCc2ccccc2)[C@H]1C(=O)OCC. The second-order valence-electron chi connectivity index (χ2n) is 12.3. The monoisotopic (exact) mass is 664 g/mol. The molecular weight excluding hydrogens is 620 g/mol. The predicted molar refractivity (Wildman–Crippen MR) is 184 cm³/mol. The van der Waals surface area contributed by atoms with Gasteiger partial charge in [0.15, 0.2) is 0 Å². The minimum atomic E-state index is -1.62. The third-order valence-electron chi connectivity index (χ3n) is 8.77. The Bertz CT molecular complexity index is 1600. The van der Waals surface area contributed by atoms with Gasteiger partial charge < -0.3 is 33.2 Å². The van der Waals surface area contributed by atoms with E-state index in [1.54, 1.807) is 6.92 Å². The smallest absolute Gasteiger partial charge is 0.318 e. The molecule has 2 heterocycles. The second-order valence-corrected chi connectivity index (χ2v) is 12.3. The summed E-state index contributed by atoms with van der Waals surface area (Å²) in [5.74, 6) is -3.08. The molecule has 8 heteroatoms. The highest BCUT2D eigenvalue weighted by molar-refractivity contribution is 5.78. The summed E-state index contributed by atoms with van der Waals surface area (Å²) in [5.41, 5.74) is 4.47. The number of benzene rings is 4. The fourth-order valence-corrected chi connectivity index (χ4v) is 6.43. The Morgan fingerprint density at radius 1 is 0.694 bits per heavy atom. The van der Waals surface area contributed by atoms with E-state index in [1.807, 2.05) is 121 Å². The van der Waals surface area contributed by atoms with Crippen molar-refractivity contribution < 1.29 is 38.0 Å². The summed E-state index contributed by atoms with van der Waals surface area (Å²) in [6.07, 6.45) is -3.07. The second kappa shape index (κ2) is 17.0. The van der Waals surface area contributed by atoms with Gasteiger partial charge in [-0.05, 0) is 34.8 Å². The van der Waals surface area contributed by atoms with Crippen LogP contribution >= 0.6 is 0 Å². The van der Waals surface area contributed by atoms with Gasteiger partial charge in [-0.3, -0.25) is 4.79 Å². The predicted octanol–water partition coefficient (Wildman–Crippen LogP) is 6.82. The Balaban J connectivity index is 1.40. The summed E-state index contributed by atoms with van der Waals surface area (Å²) in [7, 11) is 0. The molecule has 256 valence electrons. The van der Waals surface area contributed by atoms with Gasteiger partial charge in [0, 0.05) is 0 Å². The summed E-state index contributed by atoms with van der Waals surface area (Å²) in [6.45, 7) is 7.54. The Morgan fingerprint density at radius 3 is 1.67 bits per heavy atom. The van der Waals surface area contributed by atoms with Crippen molar-refractivity contribution in [3.05, 3.63) is 156 Å². The minimum Gasteiger partial charge on any atom is -0.465 e. The van der Waals surface area contributed by atoms with Gasteiger partial charge in [-0.25, -0.2) is 0 Å². The third kappa shape index (κ3) is 8.54. The number of ether oxygens (including phenoxy) is 7. The van der Waals surface area contributed by atoms with Crippen LogP contribution in [0.3, 0.4) is 0 Å². The van der Waals surface area contributed by atoms with Crippen molar-refractivity contribution in [3.63, 3.8) is 0 Å². The van der Waals surface area contributed by atoms with E-state index in [4.69, 9.17) is 33.2 Å². The lowest BCUT2D eigenvalue weighted by molar-refractivity contribution is -0.379. The highest BCUT2D eigenvalue weighted by Crippen LogP contribution is 2.48. The molecule has 8 nitrogen and oxygen atoms in total. The molecule has 49 heavy (non-hydrogen) atoms. The Hall–Kier alpha value is -4.15. The standard InChI is InChI=1S/C41H44O8/c1-3-44-40(42)36-30(2)24-48-41(36)39(47-28-34-22-14-7-15-23-34)38(46-27-33-20-12-6-13-21-33)37(45-26-32-18-10-5-11-19-32)35(49-41)29-43-25-31-16-8-4-9-17-31/h4-23,35-39H,2-3,24-29H2,1H3/t35-,36-,37-,38+,39-,41+/m1/s1. The fraction of sp³-hybridized carbons (Fsp3) is 0.341. The number of carbonyl (C=O) groups excluding carboxylic acids is 1. The lowest BCUT2D eigenvalue weighted by Gasteiger charge is -2.52. The molecule has 0 aliphatic carbocycles. The molecule has 0 unspecified atom stereocenters. The number of rotatable bonds is 15. The molecule has 0 aromatic heterocycles. The number of hydrogen-bond acceptors (Lipinski definition) is 8. The molecule has 0 radical (unpaired) electrons. The fourth-order valence-electron chi connectivity index (χ4n) is 6.43. The van der Waals surface area contributed by atoms with Crippen molar-refractivity contribution in [2.45, 2.75) is 63.6 Å². The molecule has 2 aliphatic heterocycles. The van der Waals surface area contributed by atoms with Crippen LogP contribution in [0.4, 0.5) is 0 Å². The Kier molecular flexibility index (Phi) is 12.0. The van der Waals surface area contributed by atoms with Crippen LogP contribution in [0.15, 0.2) is 133 Å². The largest absolute Gasteiger partial charge is 0.465 e. The molecule has 4 aromatic carbocycles. The van der Waals surface area contributed by atoms with Gasteiger partial charge in [-0.15, -0.1) is 0 Å². The van der Waals surface area contributed by atoms with E-state index in [1.165, 1.54) is 0 Å². The Morgan fingerprint density at radius 2 is 1.16 bits per heavy atom. The summed E-state index contributed by atoms with van der Waals surface area (Å²) in [5, 5.41) is 0. The first-order valence-electron chi connectivity index (χ1n) is 16.8. The van der Waals surface area contributed by atoms with Gasteiger partial charge in [0.05, 0.1) is 46.2 Å². The highest BCUT2D eigenvalue weighted by Gasteiger charge is 2.66. The lowest BCUT2D eigenvalue weighted by Crippen LogP contribution is -2.69. The molecule has 2 fully saturated rings. The molecule has 2 saturated heterocycles. The van der Waals surface area contributed by atoms with Crippen LogP contribution in [0.2, 0.25) is 0 Å². The summed E-state index contributed by atoms with van der Waals surface area (Å²) >= 11 is 0. The van der Waals surface area contributed by atoms with E-state index in [-0.39, 0.29) is 33.0 Å². The maximum Gasteiger partial charge on any atom is 0.318 e. The molecule has 4 aromatic rings. The molecule has 0 amide bonds. The lowest BCUT2D eigenvalue weighted by atomic mass is 9.82. The third-order valence-corrected chi connectivity index (χ3v) is 8.77. The molecule has 0 saturated carbocycles. The molecule has 0 bridgehead atoms. The quantitative estimate of drug-likeness (QED) is 0.101. The number of hydrogen-bond donors (Lipinski definition) is 0. The average Bonchev–Trinajstić information content (AvgIpc) is 3.47. The van der Waals surface area contributed by atoms with Crippen LogP contribution in [0.25, 0.3) is 0 Å². The van der Waals surface area contributed by atoms with Crippen LogP contribution in [-0.2, 0) is 64.4 Å². The zero-order valence-electron chi connectivity index (χ0n) is 27.9. The topological polar surface area (TPSA) is 81.7 Å². The summed E-state index contributed by atoms with van der Waals surface area (Å²) in [4.78, 5) is 13.7. The van der Waals surface area contributed by atoms with Gasteiger partial charge in [0.2, 0.25) is 5.79 Å². The first-order valence-corrected chi connectivity index (χ1v) is 16.8. The van der Waals surface area contributed by atoms with Crippen LogP contribution in [0, 0.1) is 5.92 Å². The first kappa shape index (κ1) is 34.7. The van der Waals surface area contributed by atoms with E-state index < -0.39 is 42.1 Å². The maximum absolute atomic E-state index is 13.7. The van der Waals surface area contributed by atoms with Crippen LogP contribution in [0.1, 0.15) is 29.2 Å². The zero-order valence-corrected chi connectivity index (χ0v) is 27.9. The van der Waals surface area contributed by atoms with Crippen molar-refractivity contribution in [2.75, 3.05) is 19.8 Å². The molecule has 2 aliphatic rings. The highest BCUT2D eigenvalue weighted by atomic mass is 16.8. The normalized spacial score (nSPS) is 25.0. The van der Waals surface area contributed by atoms with E-state index in [0.717, 1.165) is 22.3 Å². The van der Waals surface area contributed by atoms with E-state index in [2.05, 4.69) is 6.58 Å². The van der Waals surface area contributed by atoms with Gasteiger partial charge in [-0.2, -0.15) is 0 Å². The average molecular weight is 665 g/mol. The zero-order chi connectivity index (χ0) is 33.9. The molecule has 0 N–H and O–H groups in total. The molecule has 1 spiro atoms. The van der Waals surface area contributed by atoms with E-state index >= 15 is 0 Å². The van der Waals surface area contributed by atoms with Crippen LogP contribution in [-0.4, -0.2) is 56.0 Å². The van der Waals surface area contributed by atoms with Gasteiger partial charge >= 0.3 is 5.97 Å².